The Labute approximate surface area is 99.8 Å². The first-order chi connectivity index (χ1) is 7.63. The summed E-state index contributed by atoms with van der Waals surface area (Å²) in [6.45, 7) is 2.64. The lowest BCUT2D eigenvalue weighted by Crippen LogP contribution is -2.34. The lowest BCUT2D eigenvalue weighted by atomic mass is 10.2. The van der Waals surface area contributed by atoms with Crippen molar-refractivity contribution >= 4 is 23.2 Å². The highest BCUT2D eigenvalue weighted by Gasteiger charge is 2.06. The summed E-state index contributed by atoms with van der Waals surface area (Å²) in [6, 6.07) is 6.88. The van der Waals surface area contributed by atoms with Gasteiger partial charge in [-0.15, -0.1) is 0 Å². The van der Waals surface area contributed by atoms with Gasteiger partial charge in [-0.2, -0.15) is 0 Å². The molecule has 0 atom stereocenters. The Kier molecular flexibility index (Phi) is 4.72. The molecule has 0 bridgehead atoms. The standard InChI is InChI=1S/C11H14N2O2S/c1-2-6-15-9-5-3-4-8(7-9)10(14)13-11(12)16/h3-5,7H,2,6H2,1H3,(H3,12,13,14,16). The summed E-state index contributed by atoms with van der Waals surface area (Å²) in [4.78, 5) is 11.5. The maximum atomic E-state index is 11.5. The van der Waals surface area contributed by atoms with Crippen molar-refractivity contribution in [3.8, 4) is 5.75 Å². The van der Waals surface area contributed by atoms with E-state index in [0.29, 0.717) is 17.9 Å². The molecule has 0 aromatic heterocycles. The molecule has 4 nitrogen and oxygen atoms in total. The fourth-order valence-electron chi connectivity index (χ4n) is 1.13. The summed E-state index contributed by atoms with van der Waals surface area (Å²) in [5.41, 5.74) is 5.69. The van der Waals surface area contributed by atoms with Gasteiger partial charge in [-0.3, -0.25) is 10.1 Å². The molecule has 1 amide bonds. The molecule has 0 saturated carbocycles. The summed E-state index contributed by atoms with van der Waals surface area (Å²) in [5, 5.41) is 2.32. The van der Waals surface area contributed by atoms with Crippen LogP contribution in [0.1, 0.15) is 23.7 Å². The Hall–Kier alpha value is -1.62. The molecule has 0 spiro atoms. The number of carbonyl (C=O) groups excluding carboxylic acids is 1. The number of amides is 1. The molecular formula is C11H14N2O2S. The van der Waals surface area contributed by atoms with E-state index in [4.69, 9.17) is 10.5 Å². The second kappa shape index (κ2) is 6.07. The van der Waals surface area contributed by atoms with Crippen LogP contribution in [0.4, 0.5) is 0 Å². The van der Waals surface area contributed by atoms with Crippen LogP contribution in [-0.4, -0.2) is 17.6 Å². The van der Waals surface area contributed by atoms with Crippen LogP contribution in [0, 0.1) is 0 Å². The van der Waals surface area contributed by atoms with Crippen LogP contribution in [0.3, 0.4) is 0 Å². The number of hydrogen-bond acceptors (Lipinski definition) is 3. The van der Waals surface area contributed by atoms with Crippen molar-refractivity contribution in [2.45, 2.75) is 13.3 Å². The topological polar surface area (TPSA) is 64.3 Å². The fraction of sp³-hybridized carbons (Fsp3) is 0.273. The second-order valence-corrected chi connectivity index (χ2v) is 3.63. The SMILES string of the molecule is CCCOc1cccc(C(=O)NC(N)=S)c1. The summed E-state index contributed by atoms with van der Waals surface area (Å²) in [5.74, 6) is 0.340. The normalized spacial score (nSPS) is 9.56. The molecule has 0 aliphatic carbocycles. The minimum absolute atomic E-state index is 0.0371. The zero-order chi connectivity index (χ0) is 12.0. The predicted molar refractivity (Wildman–Crippen MR) is 66.5 cm³/mol. The van der Waals surface area contributed by atoms with E-state index in [1.165, 1.54) is 0 Å². The quantitative estimate of drug-likeness (QED) is 0.779. The van der Waals surface area contributed by atoms with Crippen LogP contribution in [0.25, 0.3) is 0 Å². The smallest absolute Gasteiger partial charge is 0.257 e. The maximum Gasteiger partial charge on any atom is 0.257 e. The van der Waals surface area contributed by atoms with E-state index in [0.717, 1.165) is 6.42 Å². The largest absolute Gasteiger partial charge is 0.494 e. The molecule has 0 unspecified atom stereocenters. The van der Waals surface area contributed by atoms with E-state index in [9.17, 15) is 4.79 Å². The number of thiocarbonyl (C=S) groups is 1. The number of nitrogens with one attached hydrogen (secondary N) is 1. The van der Waals surface area contributed by atoms with Crippen LogP contribution in [0.2, 0.25) is 0 Å². The van der Waals surface area contributed by atoms with Gasteiger partial charge in [-0.25, -0.2) is 0 Å². The average Bonchev–Trinajstić information content (AvgIpc) is 2.26. The Morgan fingerprint density at radius 3 is 2.94 bits per heavy atom. The summed E-state index contributed by atoms with van der Waals surface area (Å²) in [7, 11) is 0. The lowest BCUT2D eigenvalue weighted by Gasteiger charge is -2.06. The molecule has 3 N–H and O–H groups in total. The number of ether oxygens (including phenoxy) is 1. The Bertz CT molecular complexity index is 393. The van der Waals surface area contributed by atoms with Crippen molar-refractivity contribution in [1.29, 1.82) is 0 Å². The second-order valence-electron chi connectivity index (χ2n) is 3.19. The Morgan fingerprint density at radius 1 is 1.56 bits per heavy atom. The van der Waals surface area contributed by atoms with E-state index in [-0.39, 0.29) is 11.0 Å². The van der Waals surface area contributed by atoms with Gasteiger partial charge in [-0.1, -0.05) is 13.0 Å². The molecule has 1 aromatic rings. The highest BCUT2D eigenvalue weighted by molar-refractivity contribution is 7.80. The van der Waals surface area contributed by atoms with Crippen LogP contribution in [0.15, 0.2) is 24.3 Å². The van der Waals surface area contributed by atoms with E-state index in [1.54, 1.807) is 24.3 Å². The monoisotopic (exact) mass is 238 g/mol. The van der Waals surface area contributed by atoms with Gasteiger partial charge in [0.25, 0.3) is 5.91 Å². The summed E-state index contributed by atoms with van der Waals surface area (Å²) >= 11 is 4.59. The molecule has 0 saturated heterocycles. The fourth-order valence-corrected chi connectivity index (χ4v) is 1.22. The van der Waals surface area contributed by atoms with Gasteiger partial charge in [0, 0.05) is 5.56 Å². The van der Waals surface area contributed by atoms with Crippen LogP contribution in [0.5, 0.6) is 5.75 Å². The first-order valence-electron chi connectivity index (χ1n) is 4.97. The highest BCUT2D eigenvalue weighted by Crippen LogP contribution is 2.13. The molecule has 0 heterocycles. The number of hydrogen-bond donors (Lipinski definition) is 2. The van der Waals surface area contributed by atoms with Gasteiger partial charge >= 0.3 is 0 Å². The first-order valence-corrected chi connectivity index (χ1v) is 5.38. The minimum Gasteiger partial charge on any atom is -0.494 e. The zero-order valence-electron chi connectivity index (χ0n) is 9.03. The molecule has 0 fully saturated rings. The van der Waals surface area contributed by atoms with Gasteiger partial charge in [0.2, 0.25) is 0 Å². The van der Waals surface area contributed by atoms with Gasteiger partial charge in [-0.05, 0) is 36.8 Å². The molecule has 5 heteroatoms. The van der Waals surface area contributed by atoms with E-state index < -0.39 is 0 Å². The molecule has 1 rings (SSSR count). The van der Waals surface area contributed by atoms with E-state index >= 15 is 0 Å². The Morgan fingerprint density at radius 2 is 2.31 bits per heavy atom. The predicted octanol–water partition coefficient (Wildman–Crippen LogP) is 1.45. The molecular weight excluding hydrogens is 224 g/mol. The number of rotatable bonds is 4. The van der Waals surface area contributed by atoms with Crippen molar-refractivity contribution in [2.75, 3.05) is 6.61 Å². The highest BCUT2D eigenvalue weighted by atomic mass is 32.1. The van der Waals surface area contributed by atoms with Crippen molar-refractivity contribution < 1.29 is 9.53 Å². The molecule has 0 aliphatic heterocycles. The van der Waals surface area contributed by atoms with Crippen LogP contribution >= 0.6 is 12.2 Å². The number of carbonyl (C=O) groups is 1. The minimum atomic E-state index is -0.325. The molecule has 1 aromatic carbocycles. The average molecular weight is 238 g/mol. The molecule has 86 valence electrons. The van der Waals surface area contributed by atoms with Crippen LogP contribution < -0.4 is 15.8 Å². The van der Waals surface area contributed by atoms with Crippen LogP contribution in [-0.2, 0) is 0 Å². The summed E-state index contributed by atoms with van der Waals surface area (Å²) in [6.07, 6.45) is 0.920. The number of nitrogens with two attached hydrogens (primary N) is 1. The lowest BCUT2D eigenvalue weighted by molar-refractivity contribution is 0.0977. The zero-order valence-corrected chi connectivity index (χ0v) is 9.84. The maximum absolute atomic E-state index is 11.5. The van der Waals surface area contributed by atoms with Gasteiger partial charge in [0.15, 0.2) is 5.11 Å². The van der Waals surface area contributed by atoms with Crippen molar-refractivity contribution in [3.05, 3.63) is 29.8 Å². The van der Waals surface area contributed by atoms with Gasteiger partial charge in [0.1, 0.15) is 5.75 Å². The van der Waals surface area contributed by atoms with E-state index in [1.807, 2.05) is 6.92 Å². The third-order valence-corrected chi connectivity index (χ3v) is 1.91. The van der Waals surface area contributed by atoms with E-state index in [2.05, 4.69) is 17.5 Å². The van der Waals surface area contributed by atoms with Gasteiger partial charge in [0.05, 0.1) is 6.61 Å². The van der Waals surface area contributed by atoms with Crippen molar-refractivity contribution in [3.63, 3.8) is 0 Å². The number of benzene rings is 1. The first kappa shape index (κ1) is 12.4. The van der Waals surface area contributed by atoms with Gasteiger partial charge < -0.3 is 10.5 Å². The third kappa shape index (κ3) is 3.86. The molecule has 0 aliphatic rings. The Balaban J connectivity index is 2.73. The molecule has 0 radical (unpaired) electrons. The van der Waals surface area contributed by atoms with Crippen molar-refractivity contribution in [1.82, 2.24) is 5.32 Å². The van der Waals surface area contributed by atoms with Crippen molar-refractivity contribution in [2.24, 2.45) is 5.73 Å². The summed E-state index contributed by atoms with van der Waals surface area (Å²) < 4.78 is 5.41. The molecule has 16 heavy (non-hydrogen) atoms. The third-order valence-electron chi connectivity index (χ3n) is 1.81.